The maximum Gasteiger partial charge on any atom is 0.230 e. The van der Waals surface area contributed by atoms with Crippen molar-refractivity contribution in [3.05, 3.63) is 212 Å². The van der Waals surface area contributed by atoms with E-state index < -0.39 is 8.07 Å². The Morgan fingerprint density at radius 1 is 0.314 bits per heavy atom. The first-order valence-electron chi connectivity index (χ1n) is 17.5. The second-order valence-corrected chi connectivity index (χ2v) is 16.5. The lowest BCUT2D eigenvalue weighted by Crippen LogP contribution is -2.66. The molecule has 0 N–H and O–H groups in total. The van der Waals surface area contributed by atoms with E-state index in [2.05, 4.69) is 218 Å². The van der Waals surface area contributed by atoms with Crippen LogP contribution in [0.2, 0.25) is 0 Å². The molecule has 9 aromatic rings. The van der Waals surface area contributed by atoms with Gasteiger partial charge in [0.05, 0.1) is 0 Å². The second-order valence-electron chi connectivity index (χ2n) is 13.0. The van der Waals surface area contributed by atoms with Gasteiger partial charge in [-0.05, 0) is 70.1 Å². The van der Waals surface area contributed by atoms with Gasteiger partial charge in [-0.3, -0.25) is 0 Å². The van der Waals surface area contributed by atoms with Crippen LogP contribution in [0.4, 0.5) is 0 Å². The van der Waals surface area contributed by atoms with Crippen molar-refractivity contribution >= 4 is 56.0 Å². The molecular formula is C50H34Si. The Bertz CT molecular complexity index is 2560. The minimum absolute atomic E-state index is 1.08. The zero-order valence-corrected chi connectivity index (χ0v) is 29.1. The van der Waals surface area contributed by atoms with Crippen molar-refractivity contribution in [2.24, 2.45) is 0 Å². The van der Waals surface area contributed by atoms with E-state index in [1.165, 1.54) is 70.1 Å². The molecule has 0 saturated carbocycles. The zero-order chi connectivity index (χ0) is 34.0. The first-order valence-corrected chi connectivity index (χ1v) is 19.5. The van der Waals surface area contributed by atoms with Gasteiger partial charge in [0, 0.05) is 5.56 Å². The number of hydrogen-bond acceptors (Lipinski definition) is 0. The van der Waals surface area contributed by atoms with Crippen LogP contribution < -0.4 is 15.6 Å². The summed E-state index contributed by atoms with van der Waals surface area (Å²) in [5.74, 6) is 3.91. The van der Waals surface area contributed by atoms with E-state index in [4.69, 9.17) is 0 Å². The number of rotatable bonds is 5. The highest BCUT2D eigenvalue weighted by molar-refractivity contribution is 7.16. The molecule has 0 aliphatic carbocycles. The summed E-state index contributed by atoms with van der Waals surface area (Å²) >= 11 is 0. The van der Waals surface area contributed by atoms with E-state index in [0.29, 0.717) is 0 Å². The minimum Gasteiger partial charge on any atom is -0.109 e. The Morgan fingerprint density at radius 2 is 0.725 bits per heavy atom. The van der Waals surface area contributed by atoms with Crippen molar-refractivity contribution in [2.45, 2.75) is 0 Å². The summed E-state index contributed by atoms with van der Waals surface area (Å²) in [5.41, 5.74) is 10.1. The van der Waals surface area contributed by atoms with Crippen molar-refractivity contribution in [1.82, 2.24) is 0 Å². The second kappa shape index (κ2) is 13.1. The molecule has 0 aliphatic rings. The molecule has 0 radical (unpaired) electrons. The molecule has 0 saturated heterocycles. The molecule has 0 fully saturated rings. The SMILES string of the molecule is C(#C[Si](c1ccccc1)(c1ccccc1)c1ccccc1)c1c2ccccc2c(-c2ccc(-c3cccc4ccccc34)cc2)c2ccccc12. The summed E-state index contributed by atoms with van der Waals surface area (Å²) in [4.78, 5) is 0. The molecular weight excluding hydrogens is 629 g/mol. The topological polar surface area (TPSA) is 0 Å². The molecule has 0 bridgehead atoms. The zero-order valence-electron chi connectivity index (χ0n) is 28.1. The van der Waals surface area contributed by atoms with Crippen molar-refractivity contribution in [2.75, 3.05) is 0 Å². The largest absolute Gasteiger partial charge is 0.230 e. The van der Waals surface area contributed by atoms with Gasteiger partial charge in [-0.25, -0.2) is 0 Å². The first kappa shape index (κ1) is 30.6. The summed E-state index contributed by atoms with van der Waals surface area (Å²) in [5, 5.41) is 11.2. The average molecular weight is 663 g/mol. The van der Waals surface area contributed by atoms with E-state index in [1.54, 1.807) is 0 Å². The van der Waals surface area contributed by atoms with Crippen LogP contribution in [0, 0.1) is 11.5 Å². The number of fused-ring (bicyclic) bond motifs is 3. The average Bonchev–Trinajstić information content (AvgIpc) is 3.22. The summed E-state index contributed by atoms with van der Waals surface area (Å²) in [6.45, 7) is 0. The molecule has 9 aromatic carbocycles. The van der Waals surface area contributed by atoms with Crippen LogP contribution in [-0.2, 0) is 0 Å². The van der Waals surface area contributed by atoms with Gasteiger partial charge >= 0.3 is 0 Å². The molecule has 9 rings (SSSR count). The van der Waals surface area contributed by atoms with Crippen LogP contribution in [0.5, 0.6) is 0 Å². The smallest absolute Gasteiger partial charge is 0.109 e. The maximum absolute atomic E-state index is 4.07. The van der Waals surface area contributed by atoms with Gasteiger partial charge in [0.1, 0.15) is 0 Å². The van der Waals surface area contributed by atoms with Crippen molar-refractivity contribution in [3.63, 3.8) is 0 Å². The van der Waals surface area contributed by atoms with E-state index in [1.807, 2.05) is 0 Å². The lowest BCUT2D eigenvalue weighted by atomic mass is 9.88. The van der Waals surface area contributed by atoms with Crippen LogP contribution in [0.3, 0.4) is 0 Å². The third kappa shape index (κ3) is 5.35. The Labute approximate surface area is 300 Å². The van der Waals surface area contributed by atoms with Gasteiger partial charge in [-0.15, -0.1) is 5.54 Å². The highest BCUT2D eigenvalue weighted by Crippen LogP contribution is 2.40. The van der Waals surface area contributed by atoms with Gasteiger partial charge in [-0.1, -0.05) is 212 Å². The molecule has 1 heteroatoms. The van der Waals surface area contributed by atoms with Crippen molar-refractivity contribution < 1.29 is 0 Å². The van der Waals surface area contributed by atoms with Crippen LogP contribution in [0.1, 0.15) is 5.56 Å². The van der Waals surface area contributed by atoms with Gasteiger partial charge < -0.3 is 0 Å². The quantitative estimate of drug-likeness (QED) is 0.0745. The fourth-order valence-electron chi connectivity index (χ4n) is 7.80. The normalized spacial score (nSPS) is 11.4. The Kier molecular flexibility index (Phi) is 7.86. The molecule has 51 heavy (non-hydrogen) atoms. The van der Waals surface area contributed by atoms with E-state index in [-0.39, 0.29) is 0 Å². The lowest BCUT2D eigenvalue weighted by Gasteiger charge is -2.28. The molecule has 0 aromatic heterocycles. The Balaban J connectivity index is 1.27. The molecule has 0 aliphatic heterocycles. The predicted molar refractivity (Wildman–Crippen MR) is 221 cm³/mol. The molecule has 0 unspecified atom stereocenters. The monoisotopic (exact) mass is 662 g/mol. The first-order chi connectivity index (χ1) is 25.3. The maximum atomic E-state index is 4.07. The van der Waals surface area contributed by atoms with Gasteiger partial charge in [0.2, 0.25) is 8.07 Å². The van der Waals surface area contributed by atoms with E-state index in [9.17, 15) is 0 Å². The molecule has 0 nitrogen and oxygen atoms in total. The van der Waals surface area contributed by atoms with Crippen LogP contribution >= 0.6 is 0 Å². The molecule has 0 heterocycles. The number of benzene rings is 9. The Morgan fingerprint density at radius 3 is 1.25 bits per heavy atom. The highest BCUT2D eigenvalue weighted by Gasteiger charge is 2.38. The number of hydrogen-bond donors (Lipinski definition) is 0. The molecule has 238 valence electrons. The lowest BCUT2D eigenvalue weighted by molar-refractivity contribution is 1.63. The molecule has 0 spiro atoms. The van der Waals surface area contributed by atoms with E-state index >= 15 is 0 Å². The van der Waals surface area contributed by atoms with Crippen molar-refractivity contribution in [1.29, 1.82) is 0 Å². The van der Waals surface area contributed by atoms with Gasteiger partial charge in [0.25, 0.3) is 0 Å². The van der Waals surface area contributed by atoms with Crippen LogP contribution in [0.15, 0.2) is 206 Å². The fraction of sp³-hybridized carbons (Fsp3) is 0. The fourth-order valence-corrected chi connectivity index (χ4v) is 11.6. The summed E-state index contributed by atoms with van der Waals surface area (Å²) < 4.78 is 0. The van der Waals surface area contributed by atoms with Gasteiger partial charge in [-0.2, -0.15) is 0 Å². The Hall–Kier alpha value is -6.46. The minimum atomic E-state index is -2.78. The highest BCUT2D eigenvalue weighted by atomic mass is 28.3. The third-order valence-electron chi connectivity index (χ3n) is 10.2. The summed E-state index contributed by atoms with van der Waals surface area (Å²) in [7, 11) is -2.78. The molecule has 0 atom stereocenters. The van der Waals surface area contributed by atoms with Crippen LogP contribution in [0.25, 0.3) is 54.6 Å². The van der Waals surface area contributed by atoms with E-state index in [0.717, 1.165) is 5.56 Å². The van der Waals surface area contributed by atoms with Crippen LogP contribution in [-0.4, -0.2) is 8.07 Å². The van der Waals surface area contributed by atoms with Gasteiger partial charge in [0.15, 0.2) is 0 Å². The third-order valence-corrected chi connectivity index (χ3v) is 14.3. The standard InChI is InChI=1S/C50H34Si/c1-4-19-40(20-5-1)51(41-21-6-2-7-22-41,42-23-8-3-9-24-42)36-35-47-45-26-12-14-28-48(45)50(49-29-15-13-27-46(47)49)39-33-31-38(32-34-39)44-30-16-18-37-17-10-11-25-43(37)44/h1-34H. The predicted octanol–water partition coefficient (Wildman–Crippen LogP) is 10.5. The van der Waals surface area contributed by atoms with Crippen molar-refractivity contribution in [3.8, 4) is 33.7 Å². The summed E-state index contributed by atoms with van der Waals surface area (Å²) in [6, 6.07) is 74.7. The summed E-state index contributed by atoms with van der Waals surface area (Å²) in [6.07, 6.45) is 0. The molecule has 0 amide bonds.